The minimum Gasteiger partial charge on any atom is -0.506 e. The van der Waals surface area contributed by atoms with E-state index in [1.807, 2.05) is 19.9 Å². The van der Waals surface area contributed by atoms with Gasteiger partial charge in [0.05, 0.1) is 11.3 Å². The molecule has 0 saturated heterocycles. The summed E-state index contributed by atoms with van der Waals surface area (Å²) in [6.45, 7) is 7.53. The molecule has 2 heteroatoms. The first-order valence-corrected chi connectivity index (χ1v) is 3.86. The Hall–Kier alpha value is -1.31. The molecule has 0 bridgehead atoms. The van der Waals surface area contributed by atoms with E-state index in [9.17, 15) is 5.11 Å². The van der Waals surface area contributed by atoms with Gasteiger partial charge < -0.3 is 5.11 Å². The van der Waals surface area contributed by atoms with Gasteiger partial charge in [0.15, 0.2) is 0 Å². The Morgan fingerprint density at radius 1 is 1.58 bits per heavy atom. The highest BCUT2D eigenvalue weighted by Crippen LogP contribution is 2.16. The molecule has 0 amide bonds. The molecular formula is C10H13NO. The van der Waals surface area contributed by atoms with Crippen molar-refractivity contribution in [3.63, 3.8) is 0 Å². The van der Waals surface area contributed by atoms with Crippen LogP contribution in [0.4, 0.5) is 0 Å². The van der Waals surface area contributed by atoms with Crippen molar-refractivity contribution >= 4 is 5.71 Å². The van der Waals surface area contributed by atoms with Crippen LogP contribution in [0.15, 0.2) is 41.6 Å². The first kappa shape index (κ1) is 8.78. The Labute approximate surface area is 72.6 Å². The van der Waals surface area contributed by atoms with E-state index in [1.54, 1.807) is 18.2 Å². The molecule has 0 saturated carbocycles. The van der Waals surface area contributed by atoms with Gasteiger partial charge in [-0.15, -0.1) is 0 Å². The summed E-state index contributed by atoms with van der Waals surface area (Å²) in [4.78, 5) is 4.30. The Morgan fingerprint density at radius 2 is 2.25 bits per heavy atom. The highest BCUT2D eigenvalue weighted by atomic mass is 16.3. The van der Waals surface area contributed by atoms with E-state index in [0.717, 1.165) is 0 Å². The zero-order valence-electron chi connectivity index (χ0n) is 7.41. The van der Waals surface area contributed by atoms with Crippen LogP contribution in [0.25, 0.3) is 0 Å². The van der Waals surface area contributed by atoms with Gasteiger partial charge in [0, 0.05) is 0 Å². The quantitative estimate of drug-likeness (QED) is 0.632. The van der Waals surface area contributed by atoms with Gasteiger partial charge in [-0.2, -0.15) is 0 Å². The minimum atomic E-state index is -0.259. The number of nitrogens with zero attached hydrogens (tertiary/aromatic N) is 1. The van der Waals surface area contributed by atoms with Gasteiger partial charge in [0.25, 0.3) is 0 Å². The van der Waals surface area contributed by atoms with Crippen LogP contribution in [-0.4, -0.2) is 16.4 Å². The third-order valence-electron chi connectivity index (χ3n) is 1.62. The molecule has 0 aliphatic carbocycles. The number of rotatable bonds is 1. The molecule has 1 N–H and O–H groups in total. The second kappa shape index (κ2) is 2.97. The van der Waals surface area contributed by atoms with Crippen molar-refractivity contribution < 1.29 is 5.11 Å². The fraction of sp³-hybridized carbons (Fsp3) is 0.300. The zero-order valence-corrected chi connectivity index (χ0v) is 7.41. The van der Waals surface area contributed by atoms with Crippen LogP contribution in [0.2, 0.25) is 0 Å². The molecule has 12 heavy (non-hydrogen) atoms. The van der Waals surface area contributed by atoms with E-state index >= 15 is 0 Å². The highest BCUT2D eigenvalue weighted by Gasteiger charge is 2.15. The second-order valence-corrected chi connectivity index (χ2v) is 3.27. The number of aliphatic hydroxyl groups is 1. The molecule has 2 nitrogen and oxygen atoms in total. The largest absolute Gasteiger partial charge is 0.506 e. The van der Waals surface area contributed by atoms with E-state index in [1.165, 1.54) is 0 Å². The molecule has 0 aromatic rings. The predicted octanol–water partition coefficient (Wildman–Crippen LogP) is 2.40. The molecule has 1 aliphatic rings. The average Bonchev–Trinajstić information content (AvgIpc) is 2.10. The molecular weight excluding hydrogens is 150 g/mol. The average molecular weight is 163 g/mol. The highest BCUT2D eigenvalue weighted by molar-refractivity contribution is 6.06. The molecule has 1 aliphatic heterocycles. The monoisotopic (exact) mass is 163 g/mol. The van der Waals surface area contributed by atoms with E-state index in [4.69, 9.17) is 0 Å². The molecule has 0 spiro atoms. The molecule has 0 atom stereocenters. The third kappa shape index (κ3) is 1.84. The van der Waals surface area contributed by atoms with Crippen LogP contribution < -0.4 is 0 Å². The molecule has 0 radical (unpaired) electrons. The lowest BCUT2D eigenvalue weighted by atomic mass is 10.1. The maximum Gasteiger partial charge on any atom is 0.140 e. The van der Waals surface area contributed by atoms with Crippen LogP contribution in [0.3, 0.4) is 0 Å². The number of hydrogen-bond acceptors (Lipinski definition) is 2. The van der Waals surface area contributed by atoms with Gasteiger partial charge in [-0.05, 0) is 26.0 Å². The molecule has 0 unspecified atom stereocenters. The lowest BCUT2D eigenvalue weighted by molar-refractivity contribution is 0.443. The summed E-state index contributed by atoms with van der Waals surface area (Å²) in [7, 11) is 0. The first-order chi connectivity index (χ1) is 5.55. The lowest BCUT2D eigenvalue weighted by Gasteiger charge is -2.13. The third-order valence-corrected chi connectivity index (χ3v) is 1.62. The van der Waals surface area contributed by atoms with Gasteiger partial charge >= 0.3 is 0 Å². The number of allylic oxidation sites excluding steroid dienone is 3. The van der Waals surface area contributed by atoms with Gasteiger partial charge in [-0.1, -0.05) is 18.7 Å². The summed E-state index contributed by atoms with van der Waals surface area (Å²) in [6, 6.07) is 0. The summed E-state index contributed by atoms with van der Waals surface area (Å²) in [6.07, 6.45) is 6.91. The first-order valence-electron chi connectivity index (χ1n) is 3.86. The van der Waals surface area contributed by atoms with E-state index in [0.29, 0.717) is 5.71 Å². The van der Waals surface area contributed by atoms with Crippen molar-refractivity contribution in [1.29, 1.82) is 0 Å². The summed E-state index contributed by atoms with van der Waals surface area (Å²) in [5.41, 5.74) is 0.287. The Bertz CT molecular complexity index is 282. The van der Waals surface area contributed by atoms with Gasteiger partial charge in [0.1, 0.15) is 5.76 Å². The van der Waals surface area contributed by atoms with Crippen molar-refractivity contribution in [1.82, 2.24) is 0 Å². The Balaban J connectivity index is 3.11. The van der Waals surface area contributed by atoms with Crippen molar-refractivity contribution in [3.05, 3.63) is 36.6 Å². The lowest BCUT2D eigenvalue weighted by Crippen LogP contribution is -2.14. The van der Waals surface area contributed by atoms with E-state index < -0.39 is 0 Å². The number of aliphatic hydroxyl groups excluding tert-OH is 1. The van der Waals surface area contributed by atoms with Crippen LogP contribution in [-0.2, 0) is 0 Å². The summed E-state index contributed by atoms with van der Waals surface area (Å²) >= 11 is 0. The molecule has 1 rings (SSSR count). The Kier molecular flexibility index (Phi) is 2.18. The van der Waals surface area contributed by atoms with E-state index in [-0.39, 0.29) is 11.3 Å². The smallest absolute Gasteiger partial charge is 0.140 e. The summed E-state index contributed by atoms with van der Waals surface area (Å²) in [5, 5.41) is 9.39. The topological polar surface area (TPSA) is 32.6 Å². The van der Waals surface area contributed by atoms with Crippen molar-refractivity contribution in [3.8, 4) is 0 Å². The Morgan fingerprint density at radius 3 is 2.83 bits per heavy atom. The second-order valence-electron chi connectivity index (χ2n) is 3.27. The van der Waals surface area contributed by atoms with Crippen molar-refractivity contribution in [2.75, 3.05) is 0 Å². The zero-order chi connectivity index (χ0) is 9.19. The maximum atomic E-state index is 9.39. The molecule has 0 aromatic heterocycles. The molecule has 1 heterocycles. The van der Waals surface area contributed by atoms with Crippen LogP contribution in [0.1, 0.15) is 13.8 Å². The summed E-state index contributed by atoms with van der Waals surface area (Å²) < 4.78 is 0. The van der Waals surface area contributed by atoms with Gasteiger partial charge in [0.2, 0.25) is 0 Å². The van der Waals surface area contributed by atoms with Gasteiger partial charge in [-0.25, -0.2) is 0 Å². The summed E-state index contributed by atoms with van der Waals surface area (Å²) in [5.74, 6) is 0.173. The van der Waals surface area contributed by atoms with Crippen molar-refractivity contribution in [2.24, 2.45) is 4.99 Å². The van der Waals surface area contributed by atoms with Crippen LogP contribution >= 0.6 is 0 Å². The molecule has 0 fully saturated rings. The van der Waals surface area contributed by atoms with E-state index in [2.05, 4.69) is 11.6 Å². The van der Waals surface area contributed by atoms with Crippen LogP contribution in [0, 0.1) is 0 Å². The number of hydrogen-bond donors (Lipinski definition) is 1. The standard InChI is InChI=1S/C10H13NO/c1-4-8-9(12)6-5-7-10(2,3)11-8/h4-7,12H,1H2,2-3H3. The number of aliphatic imine (C=N–C) groups is 1. The SMILES string of the molecule is C=CC1=NC(C)(C)C=CC=C1O. The fourth-order valence-corrected chi connectivity index (χ4v) is 1.02. The predicted molar refractivity (Wildman–Crippen MR) is 51.6 cm³/mol. The van der Waals surface area contributed by atoms with Gasteiger partial charge in [-0.3, -0.25) is 4.99 Å². The fourth-order valence-electron chi connectivity index (χ4n) is 1.02. The normalized spacial score (nSPS) is 20.8. The van der Waals surface area contributed by atoms with Crippen LogP contribution in [0.5, 0.6) is 0 Å². The molecule has 0 aromatic carbocycles. The minimum absolute atomic E-state index is 0.173. The van der Waals surface area contributed by atoms with Crippen molar-refractivity contribution in [2.45, 2.75) is 19.4 Å². The maximum absolute atomic E-state index is 9.39. The molecule has 64 valence electrons.